The highest BCUT2D eigenvalue weighted by Crippen LogP contribution is 2.32. The Labute approximate surface area is 121 Å². The molecule has 0 aliphatic carbocycles. The van der Waals surface area contributed by atoms with Crippen molar-refractivity contribution in [2.75, 3.05) is 11.4 Å². The molecule has 0 bridgehead atoms. The van der Waals surface area contributed by atoms with Crippen molar-refractivity contribution in [3.63, 3.8) is 0 Å². The van der Waals surface area contributed by atoms with Gasteiger partial charge in [0.2, 0.25) is 20.8 Å². The minimum atomic E-state index is -4.04. The molecule has 0 radical (unpaired) electrons. The molecular weight excluding hydrogens is 334 g/mol. The van der Waals surface area contributed by atoms with Crippen LogP contribution < -0.4 is 4.90 Å². The predicted molar refractivity (Wildman–Crippen MR) is 68.5 cm³/mol. The van der Waals surface area contributed by atoms with Gasteiger partial charge in [0.25, 0.3) is 0 Å². The molecule has 0 spiro atoms. The zero-order valence-corrected chi connectivity index (χ0v) is 11.7. The van der Waals surface area contributed by atoms with Crippen LogP contribution in [-0.2, 0) is 13.8 Å². The van der Waals surface area contributed by atoms with Crippen LogP contribution in [0.2, 0.25) is 0 Å². The second kappa shape index (κ2) is 5.19. The van der Waals surface area contributed by atoms with Gasteiger partial charge in [-0.15, -0.1) is 0 Å². The molecule has 1 heterocycles. The molecule has 114 valence electrons. The summed E-state index contributed by atoms with van der Waals surface area (Å²) >= 11 is 0. The number of hydrogen-bond donors (Lipinski definition) is 0. The van der Waals surface area contributed by atoms with E-state index >= 15 is 0 Å². The largest absolute Gasteiger partial charge is 0.308 e. The molecule has 1 aromatic rings. The van der Waals surface area contributed by atoms with Crippen molar-refractivity contribution in [3.8, 4) is 0 Å². The van der Waals surface area contributed by atoms with Gasteiger partial charge in [-0.3, -0.25) is 14.9 Å². The Kier molecular flexibility index (Phi) is 3.85. The highest BCUT2D eigenvalue weighted by Gasteiger charge is 2.39. The van der Waals surface area contributed by atoms with Crippen LogP contribution in [0, 0.1) is 21.7 Å². The lowest BCUT2D eigenvalue weighted by molar-refractivity contribution is -0.387. The third-order valence-corrected chi connectivity index (χ3v) is 4.86. The van der Waals surface area contributed by atoms with Crippen LogP contribution in [-0.4, -0.2) is 31.0 Å². The summed E-state index contributed by atoms with van der Waals surface area (Å²) < 4.78 is 49.3. The molecule has 1 unspecified atom stereocenters. The van der Waals surface area contributed by atoms with Gasteiger partial charge in [0, 0.05) is 35.8 Å². The zero-order chi connectivity index (χ0) is 15.9. The molecular formula is C10H7ClF2N2O5S. The molecule has 0 aromatic heterocycles. The van der Waals surface area contributed by atoms with Gasteiger partial charge >= 0.3 is 5.69 Å². The summed E-state index contributed by atoms with van der Waals surface area (Å²) in [6, 6.07) is 0.815. The normalized spacial score (nSPS) is 19.1. The number of carbonyl (C=O) groups excluding carboxylic acids is 1. The molecule has 2 rings (SSSR count). The monoisotopic (exact) mass is 340 g/mol. The van der Waals surface area contributed by atoms with E-state index in [0.29, 0.717) is 11.0 Å². The van der Waals surface area contributed by atoms with Crippen LogP contribution in [0.4, 0.5) is 20.2 Å². The van der Waals surface area contributed by atoms with Gasteiger partial charge in [-0.2, -0.15) is 4.39 Å². The molecule has 1 atom stereocenters. The molecule has 7 nitrogen and oxygen atoms in total. The van der Waals surface area contributed by atoms with Crippen LogP contribution in [0.25, 0.3) is 0 Å². The van der Waals surface area contributed by atoms with Gasteiger partial charge in [0.05, 0.1) is 10.6 Å². The van der Waals surface area contributed by atoms with E-state index in [1.165, 1.54) is 0 Å². The number of nitrogens with zero attached hydrogens (tertiary/aromatic N) is 2. The summed E-state index contributed by atoms with van der Waals surface area (Å²) in [4.78, 5) is 22.0. The number of nitro groups is 1. The minimum Gasteiger partial charge on any atom is -0.308 e. The van der Waals surface area contributed by atoms with E-state index < -0.39 is 61.1 Å². The summed E-state index contributed by atoms with van der Waals surface area (Å²) in [6.45, 7) is -0.454. The molecule has 1 amide bonds. The molecule has 1 aliphatic rings. The smallest absolute Gasteiger partial charge is 0.307 e. The predicted octanol–water partition coefficient (Wildman–Crippen LogP) is 1.55. The molecule has 0 saturated carbocycles. The van der Waals surface area contributed by atoms with E-state index in [1.54, 1.807) is 0 Å². The molecule has 1 fully saturated rings. The van der Waals surface area contributed by atoms with Crippen LogP contribution in [0.3, 0.4) is 0 Å². The van der Waals surface area contributed by atoms with Gasteiger partial charge in [-0.25, -0.2) is 12.8 Å². The van der Waals surface area contributed by atoms with Crippen LogP contribution in [0.1, 0.15) is 6.42 Å². The molecule has 11 heteroatoms. The average molecular weight is 341 g/mol. The first-order chi connectivity index (χ1) is 9.61. The first-order valence-electron chi connectivity index (χ1n) is 5.48. The lowest BCUT2D eigenvalue weighted by atomic mass is 10.2. The van der Waals surface area contributed by atoms with E-state index in [4.69, 9.17) is 10.7 Å². The van der Waals surface area contributed by atoms with Crippen LogP contribution in [0.15, 0.2) is 12.1 Å². The van der Waals surface area contributed by atoms with Gasteiger partial charge in [0.1, 0.15) is 11.1 Å². The summed E-state index contributed by atoms with van der Waals surface area (Å²) in [6.07, 6.45) is -0.476. The quantitative estimate of drug-likeness (QED) is 0.472. The minimum absolute atomic E-state index is 0.267. The second-order valence-corrected chi connectivity index (χ2v) is 7.23. The zero-order valence-electron chi connectivity index (χ0n) is 10.1. The maximum Gasteiger partial charge on any atom is 0.307 e. The van der Waals surface area contributed by atoms with Crippen molar-refractivity contribution >= 4 is 37.0 Å². The van der Waals surface area contributed by atoms with Crippen molar-refractivity contribution in [2.24, 2.45) is 0 Å². The first kappa shape index (κ1) is 15.6. The maximum atomic E-state index is 13.7. The SMILES string of the molecule is O=C1CC(S(=O)(=O)Cl)CN1c1cc([N+](=O)[O-])c(F)cc1F. The van der Waals surface area contributed by atoms with E-state index in [2.05, 4.69) is 0 Å². The fraction of sp³-hybridized carbons (Fsp3) is 0.300. The van der Waals surface area contributed by atoms with Gasteiger partial charge in [-0.05, 0) is 0 Å². The topological polar surface area (TPSA) is 97.6 Å². The molecule has 0 N–H and O–H groups in total. The van der Waals surface area contributed by atoms with E-state index in [1.807, 2.05) is 0 Å². The van der Waals surface area contributed by atoms with E-state index in [9.17, 15) is 32.1 Å². The third-order valence-electron chi connectivity index (χ3n) is 2.99. The number of carbonyl (C=O) groups is 1. The van der Waals surface area contributed by atoms with Crippen molar-refractivity contribution in [1.82, 2.24) is 0 Å². The fourth-order valence-corrected chi connectivity index (χ4v) is 3.00. The highest BCUT2D eigenvalue weighted by atomic mass is 35.7. The lowest BCUT2D eigenvalue weighted by Crippen LogP contribution is -2.27. The number of rotatable bonds is 3. The lowest BCUT2D eigenvalue weighted by Gasteiger charge is -2.16. The summed E-state index contributed by atoms with van der Waals surface area (Å²) in [5.41, 5.74) is -1.58. The molecule has 1 saturated heterocycles. The Hall–Kier alpha value is -1.81. The highest BCUT2D eigenvalue weighted by molar-refractivity contribution is 8.14. The van der Waals surface area contributed by atoms with Crippen LogP contribution in [0.5, 0.6) is 0 Å². The Balaban J connectivity index is 2.45. The summed E-state index contributed by atoms with van der Waals surface area (Å²) in [7, 11) is 1.09. The second-order valence-electron chi connectivity index (χ2n) is 4.32. The molecule has 1 aliphatic heterocycles. The summed E-state index contributed by atoms with van der Waals surface area (Å²) in [5, 5.41) is 9.37. The molecule has 1 aromatic carbocycles. The Morgan fingerprint density at radius 1 is 1.33 bits per heavy atom. The first-order valence-corrected chi connectivity index (χ1v) is 7.85. The third kappa shape index (κ3) is 2.95. The Morgan fingerprint density at radius 3 is 2.43 bits per heavy atom. The number of benzene rings is 1. The van der Waals surface area contributed by atoms with Gasteiger partial charge < -0.3 is 4.90 Å². The van der Waals surface area contributed by atoms with E-state index in [0.717, 1.165) is 0 Å². The Bertz CT molecular complexity index is 739. The summed E-state index contributed by atoms with van der Waals surface area (Å²) in [5.74, 6) is -3.38. The van der Waals surface area contributed by atoms with Crippen molar-refractivity contribution in [1.29, 1.82) is 0 Å². The Morgan fingerprint density at radius 2 is 1.95 bits per heavy atom. The molecule has 21 heavy (non-hydrogen) atoms. The number of amides is 1. The van der Waals surface area contributed by atoms with Crippen LogP contribution >= 0.6 is 10.7 Å². The van der Waals surface area contributed by atoms with Gasteiger partial charge in [-0.1, -0.05) is 0 Å². The fourth-order valence-electron chi connectivity index (χ4n) is 1.97. The maximum absolute atomic E-state index is 13.7. The standard InChI is InChI=1S/C10H7ClF2N2O5S/c11-21(19,20)5-1-10(16)14(4-5)8-3-9(15(17)18)7(13)2-6(8)12/h2-3,5H,1,4H2. The van der Waals surface area contributed by atoms with E-state index in [-0.39, 0.29) is 6.07 Å². The number of nitro benzene ring substituents is 1. The van der Waals surface area contributed by atoms with Crippen molar-refractivity contribution in [2.45, 2.75) is 11.7 Å². The average Bonchev–Trinajstić information content (AvgIpc) is 2.70. The van der Waals surface area contributed by atoms with Crippen molar-refractivity contribution < 1.29 is 26.9 Å². The van der Waals surface area contributed by atoms with Gasteiger partial charge in [0.15, 0.2) is 0 Å². The number of hydrogen-bond acceptors (Lipinski definition) is 5. The van der Waals surface area contributed by atoms with Crippen molar-refractivity contribution in [3.05, 3.63) is 33.9 Å². The number of anilines is 1. The number of halogens is 3.